The number of halogens is 1. The molecule has 1 aromatic heterocycles. The molecule has 7 nitrogen and oxygen atoms in total. The van der Waals surface area contributed by atoms with Crippen LogP contribution in [0.5, 0.6) is 0 Å². The summed E-state index contributed by atoms with van der Waals surface area (Å²) >= 11 is 0. The topological polar surface area (TPSA) is 65.7 Å². The van der Waals surface area contributed by atoms with Crippen LogP contribution in [0.25, 0.3) is 11.4 Å². The summed E-state index contributed by atoms with van der Waals surface area (Å²) in [6.07, 6.45) is 2.25. The van der Waals surface area contributed by atoms with E-state index in [1.807, 2.05) is 4.90 Å². The Morgan fingerprint density at radius 1 is 1.17 bits per heavy atom. The Balaban J connectivity index is 1.32. The van der Waals surface area contributed by atoms with Crippen molar-refractivity contribution < 1.29 is 13.7 Å². The van der Waals surface area contributed by atoms with Crippen LogP contribution in [-0.2, 0) is 4.79 Å². The molecule has 8 heteroatoms. The number of nitrogens with zero attached hydrogens (tertiary/aromatic N) is 5. The minimum Gasteiger partial charge on any atom is -0.342 e. The van der Waals surface area contributed by atoms with Crippen LogP contribution in [0.4, 0.5) is 4.39 Å². The van der Waals surface area contributed by atoms with E-state index < -0.39 is 0 Å². The zero-order chi connectivity index (χ0) is 20.4. The lowest BCUT2D eigenvalue weighted by Crippen LogP contribution is -2.50. The molecule has 0 saturated carbocycles. The summed E-state index contributed by atoms with van der Waals surface area (Å²) in [4.78, 5) is 23.4. The van der Waals surface area contributed by atoms with E-state index in [1.54, 1.807) is 19.1 Å². The lowest BCUT2D eigenvalue weighted by atomic mass is 10.1. The van der Waals surface area contributed by atoms with Gasteiger partial charge in [-0.3, -0.25) is 14.6 Å². The van der Waals surface area contributed by atoms with Gasteiger partial charge in [0.15, 0.2) is 0 Å². The zero-order valence-corrected chi connectivity index (χ0v) is 17.1. The molecule has 156 valence electrons. The van der Waals surface area contributed by atoms with E-state index in [1.165, 1.54) is 6.07 Å². The Morgan fingerprint density at radius 2 is 1.90 bits per heavy atom. The molecule has 0 N–H and O–H groups in total. The maximum Gasteiger partial charge on any atom is 0.244 e. The Kier molecular flexibility index (Phi) is 5.91. The van der Waals surface area contributed by atoms with E-state index in [0.717, 1.165) is 57.7 Å². The molecule has 1 unspecified atom stereocenters. The Morgan fingerprint density at radius 3 is 2.59 bits per heavy atom. The quantitative estimate of drug-likeness (QED) is 0.767. The minimum absolute atomic E-state index is 0.00534. The van der Waals surface area contributed by atoms with Gasteiger partial charge in [-0.15, -0.1) is 0 Å². The third-order valence-electron chi connectivity index (χ3n) is 5.99. The molecular formula is C21H28FN5O2. The van der Waals surface area contributed by atoms with Gasteiger partial charge in [0.25, 0.3) is 0 Å². The molecule has 2 fully saturated rings. The summed E-state index contributed by atoms with van der Waals surface area (Å²) in [6.45, 7) is 9.49. The molecule has 2 saturated heterocycles. The number of carbonyl (C=O) groups is 1. The SMILES string of the molecule is Cc1cc(-c2noc(C(C)N3CCN(CC(=O)N4CCCC4)CC3)n2)ccc1F. The number of amides is 1. The predicted molar refractivity (Wildman–Crippen MR) is 107 cm³/mol. The molecule has 1 atom stereocenters. The molecule has 2 aromatic rings. The molecule has 0 bridgehead atoms. The number of hydrogen-bond acceptors (Lipinski definition) is 6. The highest BCUT2D eigenvalue weighted by Gasteiger charge is 2.28. The van der Waals surface area contributed by atoms with Gasteiger partial charge in [0.05, 0.1) is 12.6 Å². The van der Waals surface area contributed by atoms with E-state index in [9.17, 15) is 9.18 Å². The van der Waals surface area contributed by atoms with E-state index in [-0.39, 0.29) is 17.8 Å². The molecule has 1 amide bonds. The molecule has 3 heterocycles. The van der Waals surface area contributed by atoms with Crippen LogP contribution in [0.1, 0.15) is 37.3 Å². The van der Waals surface area contributed by atoms with Crippen molar-refractivity contribution in [2.45, 2.75) is 32.7 Å². The van der Waals surface area contributed by atoms with Gasteiger partial charge in [-0.1, -0.05) is 5.16 Å². The molecule has 29 heavy (non-hydrogen) atoms. The smallest absolute Gasteiger partial charge is 0.244 e. The summed E-state index contributed by atoms with van der Waals surface area (Å²) < 4.78 is 19.0. The van der Waals surface area contributed by atoms with Gasteiger partial charge >= 0.3 is 0 Å². The van der Waals surface area contributed by atoms with Gasteiger partial charge in [-0.05, 0) is 50.5 Å². The first-order valence-corrected chi connectivity index (χ1v) is 10.4. The number of benzene rings is 1. The highest BCUT2D eigenvalue weighted by Crippen LogP contribution is 2.24. The number of rotatable bonds is 5. The summed E-state index contributed by atoms with van der Waals surface area (Å²) in [7, 11) is 0. The van der Waals surface area contributed by atoms with Gasteiger partial charge in [0.1, 0.15) is 5.82 Å². The summed E-state index contributed by atoms with van der Waals surface area (Å²) in [5.74, 6) is 1.04. The lowest BCUT2D eigenvalue weighted by Gasteiger charge is -2.36. The number of likely N-dealkylation sites (tertiary alicyclic amines) is 1. The molecule has 0 spiro atoms. The lowest BCUT2D eigenvalue weighted by molar-refractivity contribution is -0.131. The average molecular weight is 401 g/mol. The molecule has 2 aliphatic heterocycles. The highest BCUT2D eigenvalue weighted by molar-refractivity contribution is 5.78. The number of piperazine rings is 1. The van der Waals surface area contributed by atoms with Crippen LogP contribution in [0, 0.1) is 12.7 Å². The van der Waals surface area contributed by atoms with Gasteiger partial charge in [-0.25, -0.2) is 4.39 Å². The third kappa shape index (κ3) is 4.48. The maximum atomic E-state index is 13.5. The largest absolute Gasteiger partial charge is 0.342 e. The van der Waals surface area contributed by atoms with E-state index >= 15 is 0 Å². The molecule has 4 rings (SSSR count). The minimum atomic E-state index is -0.244. The second-order valence-corrected chi connectivity index (χ2v) is 8.00. The van der Waals surface area contributed by atoms with E-state index in [0.29, 0.717) is 23.8 Å². The Bertz CT molecular complexity index is 857. The standard InChI is InChI=1S/C21H28FN5O2/c1-15-13-17(5-6-18(15)22)20-23-21(29-24-20)16(2)26-11-9-25(10-12-26)14-19(28)27-7-3-4-8-27/h5-6,13,16H,3-4,7-12,14H2,1-2H3. The second-order valence-electron chi connectivity index (χ2n) is 8.00. The molecule has 1 aromatic carbocycles. The van der Waals surface area contributed by atoms with Crippen molar-refractivity contribution >= 4 is 5.91 Å². The third-order valence-corrected chi connectivity index (χ3v) is 5.99. The summed E-state index contributed by atoms with van der Waals surface area (Å²) in [6, 6.07) is 4.81. The number of aryl methyl sites for hydroxylation is 1. The van der Waals surface area contributed by atoms with Gasteiger partial charge in [0.2, 0.25) is 17.6 Å². The molecule has 2 aliphatic rings. The monoisotopic (exact) mass is 401 g/mol. The number of aromatic nitrogens is 2. The first-order chi connectivity index (χ1) is 14.0. The number of hydrogen-bond donors (Lipinski definition) is 0. The Hall–Kier alpha value is -2.32. The van der Waals surface area contributed by atoms with Crippen LogP contribution in [0.15, 0.2) is 22.7 Å². The van der Waals surface area contributed by atoms with Crippen molar-refractivity contribution in [1.29, 1.82) is 0 Å². The van der Waals surface area contributed by atoms with Crippen molar-refractivity contribution in [3.63, 3.8) is 0 Å². The predicted octanol–water partition coefficient (Wildman–Crippen LogP) is 2.49. The van der Waals surface area contributed by atoms with Crippen molar-refractivity contribution in [2.24, 2.45) is 0 Å². The van der Waals surface area contributed by atoms with E-state index in [2.05, 4.69) is 26.9 Å². The first-order valence-electron chi connectivity index (χ1n) is 10.4. The highest BCUT2D eigenvalue weighted by atomic mass is 19.1. The van der Waals surface area contributed by atoms with Crippen LogP contribution in [0.2, 0.25) is 0 Å². The molecule has 0 radical (unpaired) electrons. The van der Waals surface area contributed by atoms with Crippen molar-refractivity contribution in [3.05, 3.63) is 35.5 Å². The fourth-order valence-corrected chi connectivity index (χ4v) is 4.03. The van der Waals surface area contributed by atoms with Gasteiger partial charge in [-0.2, -0.15) is 4.98 Å². The first kappa shape index (κ1) is 20.0. The fourth-order valence-electron chi connectivity index (χ4n) is 4.03. The normalized spacial score (nSPS) is 19.6. The molecule has 0 aliphatic carbocycles. The number of carbonyl (C=O) groups excluding carboxylic acids is 1. The summed E-state index contributed by atoms with van der Waals surface area (Å²) in [5.41, 5.74) is 1.30. The summed E-state index contributed by atoms with van der Waals surface area (Å²) in [5, 5.41) is 4.08. The average Bonchev–Trinajstić information content (AvgIpc) is 3.42. The van der Waals surface area contributed by atoms with Crippen LogP contribution >= 0.6 is 0 Å². The van der Waals surface area contributed by atoms with Crippen LogP contribution < -0.4 is 0 Å². The van der Waals surface area contributed by atoms with E-state index in [4.69, 9.17) is 4.52 Å². The van der Waals surface area contributed by atoms with Crippen molar-refractivity contribution in [1.82, 2.24) is 24.8 Å². The second kappa shape index (κ2) is 8.59. The fraction of sp³-hybridized carbons (Fsp3) is 0.571. The van der Waals surface area contributed by atoms with Crippen LogP contribution in [0.3, 0.4) is 0 Å². The van der Waals surface area contributed by atoms with Gasteiger partial charge in [0, 0.05) is 44.8 Å². The van der Waals surface area contributed by atoms with Crippen molar-refractivity contribution in [3.8, 4) is 11.4 Å². The van der Waals surface area contributed by atoms with Crippen LogP contribution in [-0.4, -0.2) is 76.6 Å². The van der Waals surface area contributed by atoms with Crippen molar-refractivity contribution in [2.75, 3.05) is 45.8 Å². The Labute approximate surface area is 170 Å². The van der Waals surface area contributed by atoms with Gasteiger partial charge < -0.3 is 9.42 Å². The molecular weight excluding hydrogens is 373 g/mol. The maximum absolute atomic E-state index is 13.5. The zero-order valence-electron chi connectivity index (χ0n) is 17.1.